The van der Waals surface area contributed by atoms with Crippen molar-refractivity contribution in [2.75, 3.05) is 26.7 Å². The molecule has 0 unspecified atom stereocenters. The van der Waals surface area contributed by atoms with Crippen LogP contribution >= 0.6 is 0 Å². The molecule has 2 aromatic rings. The summed E-state index contributed by atoms with van der Waals surface area (Å²) in [7, 11) is 1.84. The van der Waals surface area contributed by atoms with Crippen LogP contribution in [0, 0.1) is 5.92 Å². The van der Waals surface area contributed by atoms with E-state index in [9.17, 15) is 0 Å². The molecule has 1 saturated carbocycles. The third-order valence-electron chi connectivity index (χ3n) is 5.41. The van der Waals surface area contributed by atoms with E-state index in [1.165, 1.54) is 12.8 Å². The van der Waals surface area contributed by atoms with Gasteiger partial charge in [-0.05, 0) is 36.5 Å². The standard InChI is InChI=1S/C23H30N4O2/c1-24-23(26-16-19-9-10-22(25-15-19)28-17-18-7-8-18)27-13-11-21(12-14-27)29-20-5-3-2-4-6-20/h2-6,9-10,15,18,21H,7-8,11-14,16-17H2,1H3,(H,24,26). The molecule has 1 aliphatic heterocycles. The normalized spacial score (nSPS) is 17.8. The molecule has 154 valence electrons. The maximum Gasteiger partial charge on any atom is 0.213 e. The van der Waals surface area contributed by atoms with E-state index in [1.807, 2.05) is 49.6 Å². The predicted molar refractivity (Wildman–Crippen MR) is 114 cm³/mol. The van der Waals surface area contributed by atoms with E-state index < -0.39 is 0 Å². The highest BCUT2D eigenvalue weighted by atomic mass is 16.5. The van der Waals surface area contributed by atoms with Gasteiger partial charge in [0.1, 0.15) is 11.9 Å². The van der Waals surface area contributed by atoms with Gasteiger partial charge >= 0.3 is 0 Å². The van der Waals surface area contributed by atoms with Crippen molar-refractivity contribution < 1.29 is 9.47 Å². The summed E-state index contributed by atoms with van der Waals surface area (Å²) in [5.74, 6) is 3.33. The van der Waals surface area contributed by atoms with Crippen LogP contribution in [0.15, 0.2) is 53.7 Å². The molecule has 29 heavy (non-hydrogen) atoms. The number of guanidine groups is 1. The minimum atomic E-state index is 0.263. The van der Waals surface area contributed by atoms with Crippen LogP contribution in [0.1, 0.15) is 31.2 Å². The van der Waals surface area contributed by atoms with Crippen LogP contribution in [-0.4, -0.2) is 48.7 Å². The first-order valence-electron chi connectivity index (χ1n) is 10.5. The smallest absolute Gasteiger partial charge is 0.213 e. The number of nitrogens with one attached hydrogen (secondary N) is 1. The monoisotopic (exact) mass is 394 g/mol. The predicted octanol–water partition coefficient (Wildman–Crippen LogP) is 3.49. The van der Waals surface area contributed by atoms with Crippen molar-refractivity contribution >= 4 is 5.96 Å². The molecule has 6 nitrogen and oxygen atoms in total. The fourth-order valence-electron chi connectivity index (χ4n) is 3.48. The average Bonchev–Trinajstić information content (AvgIpc) is 3.60. The first-order valence-corrected chi connectivity index (χ1v) is 10.5. The second-order valence-corrected chi connectivity index (χ2v) is 7.78. The number of hydrogen-bond donors (Lipinski definition) is 1. The summed E-state index contributed by atoms with van der Waals surface area (Å²) in [5, 5.41) is 3.45. The SMILES string of the molecule is CN=C(NCc1ccc(OCC2CC2)nc1)N1CCC(Oc2ccccc2)CC1. The first kappa shape index (κ1) is 19.6. The van der Waals surface area contributed by atoms with Crippen molar-refractivity contribution in [2.24, 2.45) is 10.9 Å². The summed E-state index contributed by atoms with van der Waals surface area (Å²) < 4.78 is 11.8. The lowest BCUT2D eigenvalue weighted by molar-refractivity contribution is 0.129. The van der Waals surface area contributed by atoms with Gasteiger partial charge in [0.15, 0.2) is 5.96 Å². The van der Waals surface area contributed by atoms with E-state index in [-0.39, 0.29) is 6.10 Å². The fourth-order valence-corrected chi connectivity index (χ4v) is 3.48. The molecular weight excluding hydrogens is 364 g/mol. The van der Waals surface area contributed by atoms with Crippen molar-refractivity contribution in [3.8, 4) is 11.6 Å². The second-order valence-electron chi connectivity index (χ2n) is 7.78. The van der Waals surface area contributed by atoms with Crippen LogP contribution in [0.2, 0.25) is 0 Å². The van der Waals surface area contributed by atoms with E-state index in [4.69, 9.17) is 9.47 Å². The highest BCUT2D eigenvalue weighted by Gasteiger charge is 2.23. The van der Waals surface area contributed by atoms with Gasteiger partial charge in [-0.2, -0.15) is 0 Å². The van der Waals surface area contributed by atoms with Crippen LogP contribution in [0.5, 0.6) is 11.6 Å². The number of benzene rings is 1. The Balaban J connectivity index is 1.21. The quantitative estimate of drug-likeness (QED) is 0.575. The zero-order chi connectivity index (χ0) is 19.9. The minimum absolute atomic E-state index is 0.263. The number of rotatable bonds is 7. The summed E-state index contributed by atoms with van der Waals surface area (Å²) in [5.41, 5.74) is 1.12. The van der Waals surface area contributed by atoms with E-state index >= 15 is 0 Å². The van der Waals surface area contributed by atoms with Gasteiger partial charge in [-0.1, -0.05) is 24.3 Å². The molecule has 6 heteroatoms. The number of pyridine rings is 1. The zero-order valence-electron chi connectivity index (χ0n) is 17.1. The average molecular weight is 395 g/mol. The molecular formula is C23H30N4O2. The first-order chi connectivity index (χ1) is 14.3. The van der Waals surface area contributed by atoms with E-state index in [0.29, 0.717) is 12.4 Å². The molecule has 2 fully saturated rings. The number of para-hydroxylation sites is 1. The summed E-state index contributed by atoms with van der Waals surface area (Å²) in [6.07, 6.45) is 6.70. The van der Waals surface area contributed by atoms with Crippen LogP contribution in [0.4, 0.5) is 0 Å². The van der Waals surface area contributed by atoms with Gasteiger partial charge in [-0.15, -0.1) is 0 Å². The summed E-state index contributed by atoms with van der Waals surface area (Å²) in [6.45, 7) is 3.36. The molecule has 2 heterocycles. The van der Waals surface area contributed by atoms with Crippen molar-refractivity contribution in [3.63, 3.8) is 0 Å². The number of piperidine rings is 1. The molecule has 0 spiro atoms. The highest BCUT2D eigenvalue weighted by molar-refractivity contribution is 5.79. The number of ether oxygens (including phenoxy) is 2. The third kappa shape index (κ3) is 5.86. The van der Waals surface area contributed by atoms with Gasteiger partial charge in [-0.25, -0.2) is 4.98 Å². The largest absolute Gasteiger partial charge is 0.490 e. The number of nitrogens with zero attached hydrogens (tertiary/aromatic N) is 3. The zero-order valence-corrected chi connectivity index (χ0v) is 17.1. The summed E-state index contributed by atoms with van der Waals surface area (Å²) >= 11 is 0. The lowest BCUT2D eigenvalue weighted by atomic mass is 10.1. The number of aliphatic imine (C=N–C) groups is 1. The molecule has 0 radical (unpaired) electrons. The second kappa shape index (κ2) is 9.63. The molecule has 0 amide bonds. The number of hydrogen-bond acceptors (Lipinski definition) is 4. The van der Waals surface area contributed by atoms with Crippen LogP contribution in [0.3, 0.4) is 0 Å². The number of aromatic nitrogens is 1. The molecule has 1 N–H and O–H groups in total. The molecule has 4 rings (SSSR count). The lowest BCUT2D eigenvalue weighted by Gasteiger charge is -2.34. The maximum absolute atomic E-state index is 6.09. The summed E-state index contributed by atoms with van der Waals surface area (Å²) in [4.78, 5) is 11.2. The molecule has 2 aliphatic rings. The summed E-state index contributed by atoms with van der Waals surface area (Å²) in [6, 6.07) is 14.1. The molecule has 0 atom stereocenters. The Morgan fingerprint density at radius 2 is 1.90 bits per heavy atom. The van der Waals surface area contributed by atoms with Crippen molar-refractivity contribution in [2.45, 2.75) is 38.3 Å². The van der Waals surface area contributed by atoms with Crippen LogP contribution in [0.25, 0.3) is 0 Å². The maximum atomic E-state index is 6.09. The topological polar surface area (TPSA) is 59.0 Å². The van der Waals surface area contributed by atoms with Crippen molar-refractivity contribution in [1.82, 2.24) is 15.2 Å². The van der Waals surface area contributed by atoms with Gasteiger partial charge in [0.05, 0.1) is 6.61 Å². The van der Waals surface area contributed by atoms with E-state index in [0.717, 1.165) is 55.7 Å². The van der Waals surface area contributed by atoms with E-state index in [1.54, 1.807) is 0 Å². The molecule has 1 saturated heterocycles. The van der Waals surface area contributed by atoms with Crippen LogP contribution < -0.4 is 14.8 Å². The third-order valence-corrected chi connectivity index (χ3v) is 5.41. The van der Waals surface area contributed by atoms with Gasteiger partial charge in [0.25, 0.3) is 0 Å². The molecule has 0 bridgehead atoms. The van der Waals surface area contributed by atoms with Gasteiger partial charge < -0.3 is 19.7 Å². The van der Waals surface area contributed by atoms with Gasteiger partial charge in [0.2, 0.25) is 5.88 Å². The Morgan fingerprint density at radius 3 is 2.55 bits per heavy atom. The Kier molecular flexibility index (Phi) is 6.49. The fraction of sp³-hybridized carbons (Fsp3) is 0.478. The van der Waals surface area contributed by atoms with Gasteiger partial charge in [0, 0.05) is 51.8 Å². The van der Waals surface area contributed by atoms with Gasteiger partial charge in [-0.3, -0.25) is 4.99 Å². The Bertz CT molecular complexity index is 782. The molecule has 1 aromatic heterocycles. The lowest BCUT2D eigenvalue weighted by Crippen LogP contribution is -2.47. The number of likely N-dealkylation sites (tertiary alicyclic amines) is 1. The van der Waals surface area contributed by atoms with Crippen molar-refractivity contribution in [1.29, 1.82) is 0 Å². The van der Waals surface area contributed by atoms with Crippen LogP contribution in [-0.2, 0) is 6.54 Å². The molecule has 1 aromatic carbocycles. The minimum Gasteiger partial charge on any atom is -0.490 e. The highest BCUT2D eigenvalue weighted by Crippen LogP contribution is 2.29. The van der Waals surface area contributed by atoms with E-state index in [2.05, 4.69) is 26.3 Å². The van der Waals surface area contributed by atoms with Crippen molar-refractivity contribution in [3.05, 3.63) is 54.2 Å². The Morgan fingerprint density at radius 1 is 1.10 bits per heavy atom. The Labute approximate surface area is 173 Å². The Hall–Kier alpha value is -2.76. The molecule has 1 aliphatic carbocycles.